The van der Waals surface area contributed by atoms with E-state index in [1.807, 2.05) is 13.8 Å². The van der Waals surface area contributed by atoms with Gasteiger partial charge in [-0.05, 0) is 19.9 Å². The lowest BCUT2D eigenvalue weighted by Crippen LogP contribution is -2.20. The van der Waals surface area contributed by atoms with Gasteiger partial charge in [0.1, 0.15) is 0 Å². The molecule has 0 radical (unpaired) electrons. The molecule has 64 valence electrons. The number of nitrogens with zero attached hydrogens (tertiary/aromatic N) is 1. The molecule has 0 aliphatic carbocycles. The predicted octanol–water partition coefficient (Wildman–Crippen LogP) is 1.24. The molecule has 1 aromatic rings. The van der Waals surface area contributed by atoms with E-state index in [2.05, 4.69) is 0 Å². The number of carbonyl (C=O) groups excluding carboxylic acids is 1. The fraction of sp³-hybridized carbons (Fsp3) is 0.333. The van der Waals surface area contributed by atoms with Crippen LogP contribution < -0.4 is 5.56 Å². The maximum atomic E-state index is 11.2. The Morgan fingerprint density at radius 1 is 1.42 bits per heavy atom. The van der Waals surface area contributed by atoms with Crippen LogP contribution in [0.4, 0.5) is 0 Å². The Hall–Kier alpha value is -1.38. The fourth-order valence-electron chi connectivity index (χ4n) is 0.994. The van der Waals surface area contributed by atoms with Crippen LogP contribution in [0.25, 0.3) is 0 Å². The van der Waals surface area contributed by atoms with Gasteiger partial charge in [-0.2, -0.15) is 0 Å². The number of rotatable bonds is 2. The summed E-state index contributed by atoms with van der Waals surface area (Å²) in [6, 6.07) is 3.02. The third kappa shape index (κ3) is 1.61. The zero-order valence-electron chi connectivity index (χ0n) is 7.15. The zero-order valence-corrected chi connectivity index (χ0v) is 7.15. The zero-order chi connectivity index (χ0) is 9.14. The monoisotopic (exact) mass is 165 g/mol. The normalized spacial score (nSPS) is 10.2. The molecule has 0 N–H and O–H groups in total. The molecule has 1 rings (SSSR count). The van der Waals surface area contributed by atoms with Gasteiger partial charge in [0.05, 0.1) is 0 Å². The van der Waals surface area contributed by atoms with Gasteiger partial charge in [0.15, 0.2) is 6.29 Å². The summed E-state index contributed by atoms with van der Waals surface area (Å²) < 4.78 is 1.53. The Bertz CT molecular complexity index is 339. The highest BCUT2D eigenvalue weighted by molar-refractivity contribution is 5.73. The van der Waals surface area contributed by atoms with E-state index in [1.54, 1.807) is 6.20 Å². The molecule has 1 heterocycles. The first kappa shape index (κ1) is 8.71. The van der Waals surface area contributed by atoms with E-state index in [9.17, 15) is 9.59 Å². The van der Waals surface area contributed by atoms with Crippen molar-refractivity contribution in [1.29, 1.82) is 0 Å². The summed E-state index contributed by atoms with van der Waals surface area (Å²) in [6.07, 6.45) is 2.30. The summed E-state index contributed by atoms with van der Waals surface area (Å²) in [5.74, 6) is 0. The van der Waals surface area contributed by atoms with Crippen LogP contribution in [0.5, 0.6) is 0 Å². The van der Waals surface area contributed by atoms with Crippen molar-refractivity contribution in [3.05, 3.63) is 34.2 Å². The van der Waals surface area contributed by atoms with Crippen LogP contribution in [0.2, 0.25) is 0 Å². The third-order valence-electron chi connectivity index (χ3n) is 1.65. The Morgan fingerprint density at radius 3 is 2.58 bits per heavy atom. The van der Waals surface area contributed by atoms with Gasteiger partial charge in [0, 0.05) is 23.9 Å². The standard InChI is InChI=1S/C9H11NO2/c1-7(2)10-5-8(6-11)3-4-9(10)12/h3-7H,1-2H3. The minimum absolute atomic E-state index is 0.0735. The van der Waals surface area contributed by atoms with E-state index in [1.165, 1.54) is 16.7 Å². The number of carbonyl (C=O) groups is 1. The van der Waals surface area contributed by atoms with E-state index in [0.717, 1.165) is 6.29 Å². The Labute approximate surface area is 70.6 Å². The SMILES string of the molecule is CC(C)n1cc(C=O)ccc1=O. The summed E-state index contributed by atoms with van der Waals surface area (Å²) in [6.45, 7) is 3.80. The van der Waals surface area contributed by atoms with Crippen LogP contribution in [0.1, 0.15) is 30.2 Å². The molecule has 0 aliphatic rings. The smallest absolute Gasteiger partial charge is 0.250 e. The van der Waals surface area contributed by atoms with Gasteiger partial charge in [-0.25, -0.2) is 0 Å². The van der Waals surface area contributed by atoms with Crippen LogP contribution in [0.15, 0.2) is 23.1 Å². The van der Waals surface area contributed by atoms with Crippen LogP contribution in [-0.4, -0.2) is 10.9 Å². The van der Waals surface area contributed by atoms with Crippen molar-refractivity contribution in [2.45, 2.75) is 19.9 Å². The molecule has 0 saturated heterocycles. The first-order valence-corrected chi connectivity index (χ1v) is 3.82. The number of hydrogen-bond donors (Lipinski definition) is 0. The summed E-state index contributed by atoms with van der Waals surface area (Å²) in [5.41, 5.74) is 0.457. The molecule has 0 aliphatic heterocycles. The van der Waals surface area contributed by atoms with Gasteiger partial charge < -0.3 is 4.57 Å². The van der Waals surface area contributed by atoms with E-state index < -0.39 is 0 Å². The highest BCUT2D eigenvalue weighted by Crippen LogP contribution is 2.00. The maximum absolute atomic E-state index is 11.2. The van der Waals surface area contributed by atoms with E-state index in [0.29, 0.717) is 5.56 Å². The second kappa shape index (κ2) is 3.34. The van der Waals surface area contributed by atoms with Crippen molar-refractivity contribution in [1.82, 2.24) is 4.57 Å². The fourth-order valence-corrected chi connectivity index (χ4v) is 0.994. The molecule has 0 saturated carbocycles. The molecule has 0 fully saturated rings. The molecule has 0 aromatic carbocycles. The second-order valence-electron chi connectivity index (χ2n) is 2.92. The molecule has 1 aromatic heterocycles. The highest BCUT2D eigenvalue weighted by atomic mass is 16.1. The van der Waals surface area contributed by atoms with Crippen molar-refractivity contribution in [2.75, 3.05) is 0 Å². The maximum Gasteiger partial charge on any atom is 0.250 e. The van der Waals surface area contributed by atoms with Gasteiger partial charge in [-0.1, -0.05) is 0 Å². The molecule has 3 nitrogen and oxygen atoms in total. The quantitative estimate of drug-likeness (QED) is 0.618. The molecule has 12 heavy (non-hydrogen) atoms. The van der Waals surface area contributed by atoms with E-state index >= 15 is 0 Å². The molecule has 0 atom stereocenters. The van der Waals surface area contributed by atoms with Gasteiger partial charge in [-0.15, -0.1) is 0 Å². The van der Waals surface area contributed by atoms with Gasteiger partial charge in [-0.3, -0.25) is 9.59 Å². The molecule has 0 amide bonds. The lowest BCUT2D eigenvalue weighted by atomic mass is 10.3. The molecule has 0 unspecified atom stereocenters. The van der Waals surface area contributed by atoms with Crippen LogP contribution in [0, 0.1) is 0 Å². The number of pyridine rings is 1. The van der Waals surface area contributed by atoms with Gasteiger partial charge >= 0.3 is 0 Å². The summed E-state index contributed by atoms with van der Waals surface area (Å²) in [4.78, 5) is 21.6. The van der Waals surface area contributed by atoms with E-state index in [4.69, 9.17) is 0 Å². The molecule has 3 heteroatoms. The van der Waals surface area contributed by atoms with Crippen molar-refractivity contribution >= 4 is 6.29 Å². The predicted molar refractivity (Wildman–Crippen MR) is 46.5 cm³/mol. The second-order valence-corrected chi connectivity index (χ2v) is 2.92. The first-order chi connectivity index (χ1) is 5.65. The highest BCUT2D eigenvalue weighted by Gasteiger charge is 2.00. The molecule has 0 spiro atoms. The average molecular weight is 165 g/mol. The number of aldehydes is 1. The Balaban J connectivity index is 3.26. The first-order valence-electron chi connectivity index (χ1n) is 3.82. The molecule has 0 bridgehead atoms. The van der Waals surface area contributed by atoms with E-state index in [-0.39, 0.29) is 11.6 Å². The minimum Gasteiger partial charge on any atom is -0.312 e. The van der Waals surface area contributed by atoms with Crippen molar-refractivity contribution in [3.63, 3.8) is 0 Å². The van der Waals surface area contributed by atoms with Crippen LogP contribution >= 0.6 is 0 Å². The average Bonchev–Trinajstić information content (AvgIpc) is 2.05. The third-order valence-corrected chi connectivity index (χ3v) is 1.65. The minimum atomic E-state index is -0.0735. The van der Waals surface area contributed by atoms with Crippen molar-refractivity contribution < 1.29 is 4.79 Å². The largest absolute Gasteiger partial charge is 0.312 e. The summed E-state index contributed by atoms with van der Waals surface area (Å²) >= 11 is 0. The number of aromatic nitrogens is 1. The summed E-state index contributed by atoms with van der Waals surface area (Å²) in [5, 5.41) is 0. The summed E-state index contributed by atoms with van der Waals surface area (Å²) in [7, 11) is 0. The van der Waals surface area contributed by atoms with Crippen LogP contribution in [-0.2, 0) is 0 Å². The topological polar surface area (TPSA) is 39.1 Å². The van der Waals surface area contributed by atoms with Crippen molar-refractivity contribution in [2.24, 2.45) is 0 Å². The van der Waals surface area contributed by atoms with Crippen molar-refractivity contribution in [3.8, 4) is 0 Å². The van der Waals surface area contributed by atoms with Crippen LogP contribution in [0.3, 0.4) is 0 Å². The Kier molecular flexibility index (Phi) is 2.43. The lowest BCUT2D eigenvalue weighted by Gasteiger charge is -2.08. The van der Waals surface area contributed by atoms with Gasteiger partial charge in [0.2, 0.25) is 0 Å². The van der Waals surface area contributed by atoms with Gasteiger partial charge in [0.25, 0.3) is 5.56 Å². The molecular formula is C9H11NO2. The number of hydrogen-bond acceptors (Lipinski definition) is 2. The lowest BCUT2D eigenvalue weighted by molar-refractivity contribution is 0.112. The molecular weight excluding hydrogens is 154 g/mol. The Morgan fingerprint density at radius 2 is 2.08 bits per heavy atom.